The van der Waals surface area contributed by atoms with Gasteiger partial charge in [-0.3, -0.25) is 9.59 Å². The fraction of sp³-hybridized carbons (Fsp3) is 0.750. The zero-order chi connectivity index (χ0) is 8.85. The number of carbonyl (C=O) groups excluding carboxylic acids is 1. The van der Waals surface area contributed by atoms with Gasteiger partial charge < -0.3 is 5.11 Å². The van der Waals surface area contributed by atoms with Crippen molar-refractivity contribution in [2.75, 3.05) is 0 Å². The van der Waals surface area contributed by atoms with Crippen LogP contribution in [-0.4, -0.2) is 34.2 Å². The predicted octanol–water partition coefficient (Wildman–Crippen LogP) is 0.282. The summed E-state index contributed by atoms with van der Waals surface area (Å²) in [6.07, 6.45) is 1.50. The van der Waals surface area contributed by atoms with Crippen LogP contribution in [0.4, 0.5) is 0 Å². The molecule has 0 amide bonds. The van der Waals surface area contributed by atoms with Gasteiger partial charge in [0.1, 0.15) is 11.7 Å². The van der Waals surface area contributed by atoms with E-state index < -0.39 is 11.9 Å². The van der Waals surface area contributed by atoms with Crippen molar-refractivity contribution in [3.63, 3.8) is 0 Å². The predicted molar refractivity (Wildman–Crippen MR) is 51.3 cm³/mol. The number of carboxylic acids is 1. The Kier molecular flexibility index (Phi) is 8.68. The Hall–Kier alpha value is -0.328. The molecule has 12 heavy (non-hydrogen) atoms. The summed E-state index contributed by atoms with van der Waals surface area (Å²) in [5.74, 6) is -1.93. The molecule has 0 aromatic carbocycles. The van der Waals surface area contributed by atoms with E-state index in [-0.39, 0.29) is 23.1 Å². The third-order valence-corrected chi connectivity index (χ3v) is 1.59. The van der Waals surface area contributed by atoms with Crippen LogP contribution < -0.4 is 0 Å². The first kappa shape index (κ1) is 14.2. The Morgan fingerprint density at radius 2 is 1.83 bits per heavy atom. The number of hydrogen-bond acceptors (Lipinski definition) is 2. The highest BCUT2D eigenvalue weighted by Crippen LogP contribution is 2.08. The third kappa shape index (κ3) is 4.53. The third-order valence-electron chi connectivity index (χ3n) is 1.59. The van der Waals surface area contributed by atoms with Crippen LogP contribution in [0.1, 0.15) is 33.1 Å². The van der Waals surface area contributed by atoms with Crippen molar-refractivity contribution in [3.05, 3.63) is 0 Å². The van der Waals surface area contributed by atoms with Gasteiger partial charge in [-0.05, 0) is 12.8 Å². The largest absolute Gasteiger partial charge is 0.481 e. The van der Waals surface area contributed by atoms with Gasteiger partial charge >= 0.3 is 5.97 Å². The molecule has 0 bridgehead atoms. The van der Waals surface area contributed by atoms with Crippen LogP contribution in [0, 0.1) is 5.92 Å². The molecule has 0 aliphatic carbocycles. The molecule has 0 spiro atoms. The molecule has 0 aromatic rings. The zero-order valence-electron chi connectivity index (χ0n) is 6.96. The molecule has 0 fully saturated rings. The summed E-state index contributed by atoms with van der Waals surface area (Å²) < 4.78 is 0. The molecule has 0 aromatic heterocycles. The number of aliphatic carboxylic acids is 1. The Morgan fingerprint density at radius 3 is 2.08 bits per heavy atom. The Balaban J connectivity index is 0. The van der Waals surface area contributed by atoms with E-state index in [1.165, 1.54) is 0 Å². The average Bonchev–Trinajstić information content (AvgIpc) is 1.88. The first-order valence-electron chi connectivity index (χ1n) is 3.89. The number of rotatable bonds is 5. The monoisotopic (exact) mass is 188 g/mol. The van der Waals surface area contributed by atoms with Crippen molar-refractivity contribution in [2.24, 2.45) is 5.92 Å². The molecule has 0 rings (SSSR count). The van der Waals surface area contributed by atoms with Gasteiger partial charge in [-0.2, -0.15) is 0 Å². The maximum Gasteiger partial charge on any atom is 0.314 e. The standard InChI is InChI=1S/C8H14O3.Al.3H/c1-3-5-7(9)6(4-2)8(10)11;;;;/h6H,3-5H2,1-2H3,(H,10,11);;;;. The molecule has 1 atom stereocenters. The summed E-state index contributed by atoms with van der Waals surface area (Å²) >= 11 is 0. The van der Waals surface area contributed by atoms with E-state index >= 15 is 0 Å². The second-order valence-corrected chi connectivity index (χ2v) is 2.52. The minimum atomic E-state index is -0.994. The molecule has 1 unspecified atom stereocenters. The molecule has 70 valence electrons. The van der Waals surface area contributed by atoms with Crippen molar-refractivity contribution in [1.29, 1.82) is 0 Å². The molecule has 0 heterocycles. The van der Waals surface area contributed by atoms with Crippen LogP contribution in [0.15, 0.2) is 0 Å². The lowest BCUT2D eigenvalue weighted by Gasteiger charge is -2.06. The zero-order valence-corrected chi connectivity index (χ0v) is 6.96. The van der Waals surface area contributed by atoms with E-state index in [4.69, 9.17) is 5.11 Å². The normalized spacial score (nSPS) is 11.5. The van der Waals surface area contributed by atoms with E-state index in [9.17, 15) is 9.59 Å². The maximum absolute atomic E-state index is 11.0. The van der Waals surface area contributed by atoms with Crippen LogP contribution >= 0.6 is 0 Å². The molecule has 0 saturated carbocycles. The van der Waals surface area contributed by atoms with Gasteiger partial charge in [-0.1, -0.05) is 13.8 Å². The minimum absolute atomic E-state index is 0. The Labute approximate surface area is 83.3 Å². The smallest absolute Gasteiger partial charge is 0.314 e. The topological polar surface area (TPSA) is 54.4 Å². The summed E-state index contributed by atoms with van der Waals surface area (Å²) in [5, 5.41) is 8.55. The van der Waals surface area contributed by atoms with Crippen molar-refractivity contribution < 1.29 is 14.7 Å². The maximum atomic E-state index is 11.0. The lowest BCUT2D eigenvalue weighted by Crippen LogP contribution is -2.22. The van der Waals surface area contributed by atoms with Gasteiger partial charge in [-0.25, -0.2) is 0 Å². The van der Waals surface area contributed by atoms with Gasteiger partial charge in [0.15, 0.2) is 17.4 Å². The first-order chi connectivity index (χ1) is 5.13. The van der Waals surface area contributed by atoms with Gasteiger partial charge in [-0.15, -0.1) is 0 Å². The van der Waals surface area contributed by atoms with Crippen molar-refractivity contribution in [3.8, 4) is 0 Å². The second-order valence-electron chi connectivity index (χ2n) is 2.52. The summed E-state index contributed by atoms with van der Waals surface area (Å²) in [5.41, 5.74) is 0. The number of Topliss-reactive ketones (excluding diaryl/α,β-unsaturated/α-hetero) is 1. The van der Waals surface area contributed by atoms with Crippen LogP contribution in [0.5, 0.6) is 0 Å². The van der Waals surface area contributed by atoms with Gasteiger partial charge in [0.05, 0.1) is 0 Å². The Morgan fingerprint density at radius 1 is 1.33 bits per heavy atom. The highest BCUT2D eigenvalue weighted by molar-refractivity contribution is 5.98. The summed E-state index contributed by atoms with van der Waals surface area (Å²) in [6, 6.07) is 0. The van der Waals surface area contributed by atoms with Crippen molar-refractivity contribution in [2.45, 2.75) is 33.1 Å². The lowest BCUT2D eigenvalue weighted by atomic mass is 9.98. The fourth-order valence-corrected chi connectivity index (χ4v) is 0.961. The summed E-state index contributed by atoms with van der Waals surface area (Å²) in [6.45, 7) is 3.58. The molecular formula is C8H17AlO3. The summed E-state index contributed by atoms with van der Waals surface area (Å²) in [4.78, 5) is 21.5. The number of carboxylic acid groups (broad SMARTS) is 1. The molecule has 0 radical (unpaired) electrons. The van der Waals surface area contributed by atoms with E-state index in [0.717, 1.165) is 6.42 Å². The SMILES string of the molecule is CCCC(=O)C(CC)C(=O)O.[AlH3]. The van der Waals surface area contributed by atoms with Crippen LogP contribution in [0.3, 0.4) is 0 Å². The highest BCUT2D eigenvalue weighted by atomic mass is 27.0. The van der Waals surface area contributed by atoms with Crippen LogP contribution in [0.25, 0.3) is 0 Å². The molecule has 1 N–H and O–H groups in total. The van der Waals surface area contributed by atoms with E-state index in [1.54, 1.807) is 6.92 Å². The molecular weight excluding hydrogens is 171 g/mol. The quantitative estimate of drug-likeness (QED) is 0.498. The van der Waals surface area contributed by atoms with E-state index in [1.807, 2.05) is 6.92 Å². The minimum Gasteiger partial charge on any atom is -0.481 e. The van der Waals surface area contributed by atoms with Crippen molar-refractivity contribution in [1.82, 2.24) is 0 Å². The van der Waals surface area contributed by atoms with Crippen molar-refractivity contribution >= 4 is 29.1 Å². The van der Waals surface area contributed by atoms with E-state index in [2.05, 4.69) is 0 Å². The highest BCUT2D eigenvalue weighted by Gasteiger charge is 2.22. The summed E-state index contributed by atoms with van der Waals surface area (Å²) in [7, 11) is 0. The number of hydrogen-bond donors (Lipinski definition) is 1. The van der Waals surface area contributed by atoms with Gasteiger partial charge in [0.25, 0.3) is 0 Å². The molecule has 0 saturated heterocycles. The Bertz CT molecular complexity index is 156. The molecule has 0 aliphatic heterocycles. The van der Waals surface area contributed by atoms with Crippen LogP contribution in [-0.2, 0) is 9.59 Å². The first-order valence-corrected chi connectivity index (χ1v) is 3.89. The van der Waals surface area contributed by atoms with Gasteiger partial charge in [0.2, 0.25) is 0 Å². The van der Waals surface area contributed by atoms with Crippen LogP contribution in [0.2, 0.25) is 0 Å². The second kappa shape index (κ2) is 7.33. The molecule has 0 aliphatic rings. The lowest BCUT2D eigenvalue weighted by molar-refractivity contribution is -0.146. The molecule has 3 nitrogen and oxygen atoms in total. The van der Waals surface area contributed by atoms with E-state index in [0.29, 0.717) is 12.8 Å². The van der Waals surface area contributed by atoms with Gasteiger partial charge in [0, 0.05) is 6.42 Å². The number of carbonyl (C=O) groups is 2. The molecule has 4 heteroatoms. The fourth-order valence-electron chi connectivity index (χ4n) is 0.961. The number of ketones is 1. The average molecular weight is 188 g/mol.